The highest BCUT2D eigenvalue weighted by Crippen LogP contribution is 2.19. The molecule has 0 bridgehead atoms. The van der Waals surface area contributed by atoms with Crippen LogP contribution in [0.2, 0.25) is 0 Å². The lowest BCUT2D eigenvalue weighted by molar-refractivity contribution is 0.0912. The summed E-state index contributed by atoms with van der Waals surface area (Å²) in [6.07, 6.45) is 4.40. The van der Waals surface area contributed by atoms with Crippen LogP contribution in [0.25, 0.3) is 0 Å². The zero-order valence-corrected chi connectivity index (χ0v) is 9.96. The highest BCUT2D eigenvalue weighted by atomic mass is 16.5. The van der Waals surface area contributed by atoms with Crippen molar-refractivity contribution in [1.82, 2.24) is 10.6 Å². The minimum absolute atomic E-state index is 0.438. The van der Waals surface area contributed by atoms with E-state index in [1.807, 2.05) is 0 Å². The molecule has 3 atom stereocenters. The molecule has 0 aromatic carbocycles. The van der Waals surface area contributed by atoms with Crippen molar-refractivity contribution in [2.45, 2.75) is 51.3 Å². The monoisotopic (exact) mass is 212 g/mol. The molecule has 1 aliphatic carbocycles. The third kappa shape index (κ3) is 3.74. The van der Waals surface area contributed by atoms with Crippen LogP contribution in [0, 0.1) is 5.92 Å². The van der Waals surface area contributed by atoms with Crippen LogP contribution >= 0.6 is 0 Å². The Hall–Kier alpha value is -0.120. The van der Waals surface area contributed by atoms with Gasteiger partial charge in [0.2, 0.25) is 0 Å². The van der Waals surface area contributed by atoms with E-state index in [-0.39, 0.29) is 0 Å². The van der Waals surface area contributed by atoms with Crippen molar-refractivity contribution >= 4 is 0 Å². The van der Waals surface area contributed by atoms with Gasteiger partial charge < -0.3 is 15.4 Å². The van der Waals surface area contributed by atoms with E-state index in [9.17, 15) is 0 Å². The number of hydrogen-bond donors (Lipinski definition) is 2. The highest BCUT2D eigenvalue weighted by molar-refractivity contribution is 4.83. The van der Waals surface area contributed by atoms with Crippen LogP contribution in [-0.2, 0) is 4.74 Å². The van der Waals surface area contributed by atoms with Crippen LogP contribution in [0.4, 0.5) is 0 Å². The molecule has 0 amide bonds. The third-order valence-corrected chi connectivity index (χ3v) is 3.50. The zero-order chi connectivity index (χ0) is 10.7. The Kier molecular flexibility index (Phi) is 4.00. The van der Waals surface area contributed by atoms with Crippen molar-refractivity contribution in [2.75, 3.05) is 19.7 Å². The quantitative estimate of drug-likeness (QED) is 0.693. The number of hydrogen-bond acceptors (Lipinski definition) is 3. The van der Waals surface area contributed by atoms with Crippen molar-refractivity contribution in [3.05, 3.63) is 0 Å². The summed E-state index contributed by atoms with van der Waals surface area (Å²) in [6, 6.07) is 1.37. The van der Waals surface area contributed by atoms with E-state index in [0.29, 0.717) is 12.1 Å². The number of nitrogens with one attached hydrogen (secondary N) is 2. The van der Waals surface area contributed by atoms with Gasteiger partial charge in [-0.25, -0.2) is 0 Å². The second kappa shape index (κ2) is 5.28. The molecular formula is C12H24N2O. The van der Waals surface area contributed by atoms with E-state index >= 15 is 0 Å². The number of ether oxygens (including phenoxy) is 1. The van der Waals surface area contributed by atoms with E-state index in [2.05, 4.69) is 24.5 Å². The van der Waals surface area contributed by atoms with E-state index in [4.69, 9.17) is 4.74 Å². The Morgan fingerprint density at radius 2 is 2.13 bits per heavy atom. The van der Waals surface area contributed by atoms with E-state index in [0.717, 1.165) is 31.7 Å². The lowest BCUT2D eigenvalue weighted by atomic mass is 10.0. The van der Waals surface area contributed by atoms with E-state index in [1.54, 1.807) is 0 Å². The Labute approximate surface area is 93.0 Å². The van der Waals surface area contributed by atoms with Crippen LogP contribution in [0.5, 0.6) is 0 Å². The summed E-state index contributed by atoms with van der Waals surface area (Å²) in [5, 5.41) is 7.09. The molecule has 3 heteroatoms. The van der Waals surface area contributed by atoms with Crippen LogP contribution in [0.1, 0.15) is 33.1 Å². The molecule has 3 unspecified atom stereocenters. The van der Waals surface area contributed by atoms with Crippen molar-refractivity contribution in [2.24, 2.45) is 5.92 Å². The smallest absolute Gasteiger partial charge is 0.0725 e. The maximum absolute atomic E-state index is 5.67. The Bertz CT molecular complexity index is 194. The summed E-state index contributed by atoms with van der Waals surface area (Å²) < 4.78 is 5.67. The third-order valence-electron chi connectivity index (χ3n) is 3.50. The number of rotatable bonds is 6. The zero-order valence-electron chi connectivity index (χ0n) is 9.96. The van der Waals surface area contributed by atoms with Crippen LogP contribution < -0.4 is 10.6 Å². The molecule has 2 fully saturated rings. The normalized spacial score (nSPS) is 33.2. The Morgan fingerprint density at radius 3 is 2.73 bits per heavy atom. The average molecular weight is 212 g/mol. The second-order valence-corrected chi connectivity index (χ2v) is 5.17. The fourth-order valence-corrected chi connectivity index (χ4v) is 2.04. The first-order chi connectivity index (χ1) is 7.25. The van der Waals surface area contributed by atoms with Crippen LogP contribution in [0.15, 0.2) is 0 Å². The predicted octanol–water partition coefficient (Wildman–Crippen LogP) is 1.14. The minimum atomic E-state index is 0.438. The molecule has 1 aliphatic heterocycles. The average Bonchev–Trinajstić information content (AvgIpc) is 2.96. The fraction of sp³-hybridized carbons (Fsp3) is 1.00. The van der Waals surface area contributed by atoms with Gasteiger partial charge in [-0.05, 0) is 32.1 Å². The SMILES string of the molecule is CC(CNC1CC1)NCC1OCCC1C. The summed E-state index contributed by atoms with van der Waals surface area (Å²) in [5.41, 5.74) is 0. The molecule has 3 nitrogen and oxygen atoms in total. The first kappa shape index (κ1) is 11.4. The maximum Gasteiger partial charge on any atom is 0.0725 e. The first-order valence-electron chi connectivity index (χ1n) is 6.34. The van der Waals surface area contributed by atoms with Crippen LogP contribution in [0.3, 0.4) is 0 Å². The lowest BCUT2D eigenvalue weighted by Crippen LogP contribution is -2.41. The molecule has 0 radical (unpaired) electrons. The second-order valence-electron chi connectivity index (χ2n) is 5.17. The summed E-state index contributed by atoms with van der Waals surface area (Å²) in [6.45, 7) is 7.57. The van der Waals surface area contributed by atoms with Gasteiger partial charge in [-0.3, -0.25) is 0 Å². The first-order valence-corrected chi connectivity index (χ1v) is 6.34. The predicted molar refractivity (Wildman–Crippen MR) is 62.0 cm³/mol. The molecule has 1 saturated heterocycles. The molecule has 2 aliphatic rings. The molecule has 2 N–H and O–H groups in total. The molecule has 2 rings (SSSR count). The molecule has 0 spiro atoms. The molecule has 1 saturated carbocycles. The van der Waals surface area contributed by atoms with Gasteiger partial charge in [-0.15, -0.1) is 0 Å². The van der Waals surface area contributed by atoms with Crippen molar-refractivity contribution < 1.29 is 4.74 Å². The Morgan fingerprint density at radius 1 is 1.33 bits per heavy atom. The summed E-state index contributed by atoms with van der Waals surface area (Å²) in [4.78, 5) is 0. The van der Waals surface area contributed by atoms with Gasteiger partial charge in [0, 0.05) is 31.8 Å². The Balaban J connectivity index is 1.55. The molecule has 88 valence electrons. The molecule has 1 heterocycles. The summed E-state index contributed by atoms with van der Waals surface area (Å²) >= 11 is 0. The van der Waals surface area contributed by atoms with Crippen molar-refractivity contribution in [1.29, 1.82) is 0 Å². The highest BCUT2D eigenvalue weighted by Gasteiger charge is 2.25. The van der Waals surface area contributed by atoms with E-state index in [1.165, 1.54) is 19.3 Å². The van der Waals surface area contributed by atoms with Gasteiger partial charge in [0.25, 0.3) is 0 Å². The van der Waals surface area contributed by atoms with Crippen molar-refractivity contribution in [3.8, 4) is 0 Å². The minimum Gasteiger partial charge on any atom is -0.377 e. The van der Waals surface area contributed by atoms with Crippen LogP contribution in [-0.4, -0.2) is 37.9 Å². The van der Waals surface area contributed by atoms with Gasteiger partial charge in [0.05, 0.1) is 6.10 Å². The van der Waals surface area contributed by atoms with Gasteiger partial charge >= 0.3 is 0 Å². The topological polar surface area (TPSA) is 33.3 Å². The summed E-state index contributed by atoms with van der Waals surface area (Å²) in [5.74, 6) is 0.723. The van der Waals surface area contributed by atoms with Gasteiger partial charge in [0.1, 0.15) is 0 Å². The summed E-state index contributed by atoms with van der Waals surface area (Å²) in [7, 11) is 0. The van der Waals surface area contributed by atoms with Gasteiger partial charge in [-0.2, -0.15) is 0 Å². The maximum atomic E-state index is 5.67. The standard InChI is InChI=1S/C12H24N2O/c1-9-5-6-15-12(9)8-13-10(2)7-14-11-3-4-11/h9-14H,3-8H2,1-2H3. The molecular weight excluding hydrogens is 188 g/mol. The van der Waals surface area contributed by atoms with Gasteiger partial charge in [-0.1, -0.05) is 6.92 Å². The largest absolute Gasteiger partial charge is 0.377 e. The molecule has 15 heavy (non-hydrogen) atoms. The lowest BCUT2D eigenvalue weighted by Gasteiger charge is -2.19. The van der Waals surface area contributed by atoms with Crippen molar-refractivity contribution in [3.63, 3.8) is 0 Å². The molecule has 0 aromatic rings. The fourth-order valence-electron chi connectivity index (χ4n) is 2.04. The molecule has 0 aromatic heterocycles. The van der Waals surface area contributed by atoms with Gasteiger partial charge in [0.15, 0.2) is 0 Å². The van der Waals surface area contributed by atoms with E-state index < -0.39 is 0 Å².